The number of hydrogen-bond donors (Lipinski definition) is 3. The number of amides is 1. The summed E-state index contributed by atoms with van der Waals surface area (Å²) >= 11 is 0. The largest absolute Gasteiger partial charge is 0.508 e. The average Bonchev–Trinajstić information content (AvgIpc) is 2.73. The second-order valence-corrected chi connectivity index (χ2v) is 9.74. The molecule has 4 rings (SSSR count). The number of sulfonamides is 1. The van der Waals surface area contributed by atoms with Crippen molar-refractivity contribution in [3.8, 4) is 11.5 Å². The first-order valence-corrected chi connectivity index (χ1v) is 11.6. The summed E-state index contributed by atoms with van der Waals surface area (Å²) in [6, 6.07) is 8.35. The molecule has 0 radical (unpaired) electrons. The maximum Gasteiger partial charge on any atom is 0.360 e. The predicted molar refractivity (Wildman–Crippen MR) is 122 cm³/mol. The van der Waals surface area contributed by atoms with E-state index in [4.69, 9.17) is 4.42 Å². The van der Waals surface area contributed by atoms with Gasteiger partial charge in [-0.2, -0.15) is 4.31 Å². The summed E-state index contributed by atoms with van der Waals surface area (Å²) in [6.07, 6.45) is 0. The van der Waals surface area contributed by atoms with Crippen LogP contribution in [-0.2, 0) is 14.8 Å². The Labute approximate surface area is 189 Å². The molecule has 3 aromatic rings. The molecule has 0 saturated carbocycles. The van der Waals surface area contributed by atoms with Crippen LogP contribution < -0.4 is 15.8 Å². The van der Waals surface area contributed by atoms with Crippen molar-refractivity contribution in [1.29, 1.82) is 0 Å². The monoisotopic (exact) mass is 473 g/mol. The van der Waals surface area contributed by atoms with E-state index in [1.54, 1.807) is 11.8 Å². The second-order valence-electron chi connectivity index (χ2n) is 7.80. The molecule has 1 amide bonds. The first-order chi connectivity index (χ1) is 15.6. The standard InChI is InChI=1S/C22H23N3O7S/c1-13-20-18(28)11-16(27)12-19(20)32-22(29)21(13)24-7-9-25(10-8-24)33(30,31)17-5-3-15(4-6-17)23-14(2)26/h3-6,11-12,27-28H,7-10H2,1-2H3,(H,23,26). The summed E-state index contributed by atoms with van der Waals surface area (Å²) in [4.78, 5) is 25.6. The summed E-state index contributed by atoms with van der Waals surface area (Å²) in [5.41, 5.74) is 0.683. The molecule has 0 unspecified atom stereocenters. The van der Waals surface area contributed by atoms with E-state index in [9.17, 15) is 28.2 Å². The lowest BCUT2D eigenvalue weighted by Gasteiger charge is -2.35. The molecule has 0 aliphatic carbocycles. The van der Waals surface area contributed by atoms with Gasteiger partial charge in [-0.25, -0.2) is 13.2 Å². The Kier molecular flexibility index (Phi) is 5.76. The van der Waals surface area contributed by atoms with Crippen molar-refractivity contribution >= 4 is 38.3 Å². The zero-order chi connectivity index (χ0) is 23.9. The fourth-order valence-electron chi connectivity index (χ4n) is 4.04. The van der Waals surface area contributed by atoms with Crippen LogP contribution in [0.5, 0.6) is 11.5 Å². The van der Waals surface area contributed by atoms with Gasteiger partial charge in [0.1, 0.15) is 22.8 Å². The summed E-state index contributed by atoms with van der Waals surface area (Å²) in [5, 5.41) is 22.8. The lowest BCUT2D eigenvalue weighted by Crippen LogP contribution is -2.49. The zero-order valence-electron chi connectivity index (χ0n) is 18.0. The molecular weight excluding hydrogens is 450 g/mol. The van der Waals surface area contributed by atoms with E-state index in [0.717, 1.165) is 0 Å². The summed E-state index contributed by atoms with van der Waals surface area (Å²) < 4.78 is 32.7. The van der Waals surface area contributed by atoms with Gasteiger partial charge >= 0.3 is 5.63 Å². The fraction of sp³-hybridized carbons (Fsp3) is 0.273. The molecule has 1 aliphatic heterocycles. The number of nitrogens with one attached hydrogen (secondary N) is 1. The van der Waals surface area contributed by atoms with Gasteiger partial charge in [-0.15, -0.1) is 0 Å². The Morgan fingerprint density at radius 3 is 2.30 bits per heavy atom. The zero-order valence-corrected chi connectivity index (χ0v) is 18.8. The number of aromatic hydroxyl groups is 2. The molecule has 1 fully saturated rings. The summed E-state index contributed by atoms with van der Waals surface area (Å²) in [5.74, 6) is -0.684. The van der Waals surface area contributed by atoms with Crippen LogP contribution in [0.1, 0.15) is 12.5 Å². The second kappa shape index (κ2) is 8.41. The van der Waals surface area contributed by atoms with Crippen molar-refractivity contribution in [1.82, 2.24) is 4.31 Å². The number of phenols is 2. The van der Waals surface area contributed by atoms with Gasteiger partial charge in [-0.1, -0.05) is 0 Å². The molecule has 0 spiro atoms. The number of aryl methyl sites for hydroxylation is 1. The molecule has 174 valence electrons. The number of piperazine rings is 1. The average molecular weight is 474 g/mol. The van der Waals surface area contributed by atoms with E-state index in [2.05, 4.69) is 5.32 Å². The molecule has 1 saturated heterocycles. The van der Waals surface area contributed by atoms with Crippen LogP contribution >= 0.6 is 0 Å². The Hall–Kier alpha value is -3.57. The van der Waals surface area contributed by atoms with Crippen LogP contribution in [0, 0.1) is 6.92 Å². The third-order valence-corrected chi connectivity index (χ3v) is 7.47. The van der Waals surface area contributed by atoms with Crippen molar-refractivity contribution in [2.45, 2.75) is 18.7 Å². The van der Waals surface area contributed by atoms with Crippen molar-refractivity contribution in [3.05, 3.63) is 52.4 Å². The minimum atomic E-state index is -3.75. The lowest BCUT2D eigenvalue weighted by molar-refractivity contribution is -0.114. The van der Waals surface area contributed by atoms with Crippen LogP contribution in [0.3, 0.4) is 0 Å². The van der Waals surface area contributed by atoms with Gasteiger partial charge in [0.25, 0.3) is 0 Å². The number of fused-ring (bicyclic) bond motifs is 1. The van der Waals surface area contributed by atoms with E-state index in [1.165, 1.54) is 47.6 Å². The number of benzene rings is 2. The number of hydrogen-bond acceptors (Lipinski definition) is 8. The van der Waals surface area contributed by atoms with Crippen LogP contribution in [0.4, 0.5) is 11.4 Å². The highest BCUT2D eigenvalue weighted by Crippen LogP contribution is 2.35. The van der Waals surface area contributed by atoms with Crippen LogP contribution in [0.2, 0.25) is 0 Å². The van der Waals surface area contributed by atoms with Gasteiger partial charge in [0.2, 0.25) is 15.9 Å². The third kappa shape index (κ3) is 4.24. The van der Waals surface area contributed by atoms with Crippen molar-refractivity contribution in [2.24, 2.45) is 0 Å². The maximum absolute atomic E-state index is 13.0. The lowest BCUT2D eigenvalue weighted by atomic mass is 10.1. The molecule has 0 atom stereocenters. The predicted octanol–water partition coefficient (Wildman–Crippen LogP) is 1.98. The minimum absolute atomic E-state index is 0.0719. The Bertz CT molecular complexity index is 1390. The number of nitrogens with zero attached hydrogens (tertiary/aromatic N) is 2. The molecule has 33 heavy (non-hydrogen) atoms. The molecule has 3 N–H and O–H groups in total. The highest BCUT2D eigenvalue weighted by molar-refractivity contribution is 7.89. The van der Waals surface area contributed by atoms with Crippen LogP contribution in [-0.4, -0.2) is 55.0 Å². The van der Waals surface area contributed by atoms with E-state index in [0.29, 0.717) is 16.6 Å². The molecule has 1 aliphatic rings. The Morgan fingerprint density at radius 2 is 1.70 bits per heavy atom. The Balaban J connectivity index is 1.56. The van der Waals surface area contributed by atoms with Gasteiger partial charge in [0.05, 0.1) is 10.3 Å². The number of carbonyl (C=O) groups excluding carboxylic acids is 1. The number of carbonyl (C=O) groups is 1. The van der Waals surface area contributed by atoms with Crippen molar-refractivity contribution in [2.75, 3.05) is 36.4 Å². The van der Waals surface area contributed by atoms with Crippen LogP contribution in [0.15, 0.2) is 50.5 Å². The molecule has 0 bridgehead atoms. The molecular formula is C22H23N3O7S. The molecule has 10 nitrogen and oxygen atoms in total. The van der Waals surface area contributed by atoms with E-state index in [-0.39, 0.29) is 59.8 Å². The highest BCUT2D eigenvalue weighted by atomic mass is 32.2. The van der Waals surface area contributed by atoms with E-state index < -0.39 is 15.6 Å². The van der Waals surface area contributed by atoms with Gasteiger partial charge in [0.15, 0.2) is 0 Å². The van der Waals surface area contributed by atoms with Crippen molar-refractivity contribution < 1.29 is 27.8 Å². The van der Waals surface area contributed by atoms with Gasteiger partial charge in [-0.3, -0.25) is 4.79 Å². The molecule has 11 heteroatoms. The summed E-state index contributed by atoms with van der Waals surface area (Å²) in [6.45, 7) is 3.83. The molecule has 1 aromatic heterocycles. The maximum atomic E-state index is 13.0. The molecule has 2 aromatic carbocycles. The van der Waals surface area contributed by atoms with Crippen LogP contribution in [0.25, 0.3) is 11.0 Å². The van der Waals surface area contributed by atoms with Gasteiger partial charge in [-0.05, 0) is 36.8 Å². The van der Waals surface area contributed by atoms with Crippen molar-refractivity contribution in [3.63, 3.8) is 0 Å². The van der Waals surface area contributed by atoms with Gasteiger partial charge < -0.3 is 24.8 Å². The van der Waals surface area contributed by atoms with E-state index >= 15 is 0 Å². The summed E-state index contributed by atoms with van der Waals surface area (Å²) in [7, 11) is -3.75. The number of phenolic OH excluding ortho intramolecular Hbond substituents is 2. The SMILES string of the molecule is CC(=O)Nc1ccc(S(=O)(=O)N2CCN(c3c(C)c4c(O)cc(O)cc4oc3=O)CC2)cc1. The van der Waals surface area contributed by atoms with Gasteiger partial charge in [0, 0.05) is 50.9 Å². The number of rotatable bonds is 4. The first kappa shape index (κ1) is 22.6. The Morgan fingerprint density at radius 1 is 1.06 bits per heavy atom. The topological polar surface area (TPSA) is 140 Å². The minimum Gasteiger partial charge on any atom is -0.508 e. The normalized spacial score (nSPS) is 15.0. The first-order valence-electron chi connectivity index (χ1n) is 10.2. The molecule has 2 heterocycles. The van der Waals surface area contributed by atoms with E-state index in [1.807, 2.05) is 0 Å². The fourth-order valence-corrected chi connectivity index (χ4v) is 5.47. The highest BCUT2D eigenvalue weighted by Gasteiger charge is 2.30. The number of anilines is 2. The smallest absolute Gasteiger partial charge is 0.360 e. The quantitative estimate of drug-likeness (QED) is 0.489. The third-order valence-electron chi connectivity index (χ3n) is 5.56.